The number of fused-ring (bicyclic) bond motifs is 1. The van der Waals surface area contributed by atoms with E-state index in [2.05, 4.69) is 20.2 Å². The Kier molecular flexibility index (Phi) is 3.29. The van der Waals surface area contributed by atoms with E-state index in [0.717, 1.165) is 5.69 Å². The number of halogens is 1. The van der Waals surface area contributed by atoms with Crippen molar-refractivity contribution < 1.29 is 4.39 Å². The molecular weight excluding hydrogens is 271 g/mol. The number of benzene rings is 1. The van der Waals surface area contributed by atoms with Crippen molar-refractivity contribution in [2.75, 3.05) is 0 Å². The lowest BCUT2D eigenvalue weighted by molar-refractivity contribution is 0.612. The maximum Gasteiger partial charge on any atom is 0.276 e. The predicted molar refractivity (Wildman–Crippen MR) is 77.8 cm³/mol. The molecular formula is C15H15FN4O. The zero-order valence-electron chi connectivity index (χ0n) is 11.8. The molecule has 3 aromatic rings. The highest BCUT2D eigenvalue weighted by molar-refractivity contribution is 5.76. The second-order valence-electron chi connectivity index (χ2n) is 5.27. The largest absolute Gasteiger partial charge is 0.308 e. The van der Waals surface area contributed by atoms with Gasteiger partial charge in [0, 0.05) is 6.42 Å². The van der Waals surface area contributed by atoms with Gasteiger partial charge in [0.25, 0.3) is 5.56 Å². The van der Waals surface area contributed by atoms with Crippen LogP contribution in [0.25, 0.3) is 11.0 Å². The van der Waals surface area contributed by atoms with E-state index in [1.807, 2.05) is 13.8 Å². The van der Waals surface area contributed by atoms with Crippen LogP contribution in [0.15, 0.2) is 29.1 Å². The molecule has 2 N–H and O–H groups in total. The normalized spacial score (nSPS) is 11.4. The van der Waals surface area contributed by atoms with Gasteiger partial charge in [0.2, 0.25) is 0 Å². The van der Waals surface area contributed by atoms with Crippen LogP contribution in [-0.2, 0) is 6.42 Å². The number of aromatic nitrogens is 4. The van der Waals surface area contributed by atoms with E-state index in [-0.39, 0.29) is 23.7 Å². The average Bonchev–Trinajstić information content (AvgIpc) is 2.86. The minimum atomic E-state index is -0.309. The zero-order valence-corrected chi connectivity index (χ0v) is 11.8. The number of nitrogens with one attached hydrogen (secondary N) is 2. The molecule has 3 rings (SSSR count). The predicted octanol–water partition coefficient (Wildman–Crippen LogP) is 2.50. The summed E-state index contributed by atoms with van der Waals surface area (Å²) in [5, 5.41) is 6.85. The molecule has 108 valence electrons. The lowest BCUT2D eigenvalue weighted by Gasteiger charge is -2.04. The van der Waals surface area contributed by atoms with Crippen LogP contribution in [0.4, 0.5) is 4.39 Å². The molecule has 0 saturated heterocycles. The van der Waals surface area contributed by atoms with Gasteiger partial charge in [0.1, 0.15) is 22.7 Å². The SMILES string of the molecule is CC(C)c1n[nH]c2c(=O)[nH]c(Cc3ccccc3F)nc12. The Bertz CT molecular complexity index is 850. The molecule has 0 fully saturated rings. The Morgan fingerprint density at radius 2 is 2.05 bits per heavy atom. The number of nitrogens with zero attached hydrogens (tertiary/aromatic N) is 2. The highest BCUT2D eigenvalue weighted by Crippen LogP contribution is 2.19. The van der Waals surface area contributed by atoms with Gasteiger partial charge in [0.05, 0.1) is 5.69 Å². The third kappa shape index (κ3) is 2.44. The number of rotatable bonds is 3. The smallest absolute Gasteiger partial charge is 0.276 e. The first-order valence-corrected chi connectivity index (χ1v) is 6.77. The first-order valence-electron chi connectivity index (χ1n) is 6.77. The maximum atomic E-state index is 13.7. The standard InChI is InChI=1S/C15H15FN4O/c1-8(2)12-13-14(20-19-12)15(21)18-11(17-13)7-9-5-3-4-6-10(9)16/h3-6,8H,7H2,1-2H3,(H,19,20)(H,17,18,21). The first-order chi connectivity index (χ1) is 10.1. The minimum absolute atomic E-state index is 0.148. The molecule has 0 aliphatic heterocycles. The molecule has 21 heavy (non-hydrogen) atoms. The van der Waals surface area contributed by atoms with Crippen molar-refractivity contribution in [1.29, 1.82) is 0 Å². The summed E-state index contributed by atoms with van der Waals surface area (Å²) in [6.45, 7) is 3.96. The van der Waals surface area contributed by atoms with Gasteiger partial charge in [0.15, 0.2) is 0 Å². The summed E-state index contributed by atoms with van der Waals surface area (Å²) in [5.41, 5.74) is 1.86. The van der Waals surface area contributed by atoms with Crippen LogP contribution in [-0.4, -0.2) is 20.2 Å². The second-order valence-corrected chi connectivity index (χ2v) is 5.27. The van der Waals surface area contributed by atoms with Crippen LogP contribution >= 0.6 is 0 Å². The average molecular weight is 286 g/mol. The molecule has 0 unspecified atom stereocenters. The molecule has 0 aliphatic rings. The fraction of sp³-hybridized carbons (Fsp3) is 0.267. The van der Waals surface area contributed by atoms with Crippen molar-refractivity contribution in [2.24, 2.45) is 0 Å². The number of aromatic amines is 2. The van der Waals surface area contributed by atoms with Crippen LogP contribution in [0, 0.1) is 5.82 Å². The van der Waals surface area contributed by atoms with Crippen LogP contribution in [0.5, 0.6) is 0 Å². The number of hydrogen-bond acceptors (Lipinski definition) is 3. The van der Waals surface area contributed by atoms with E-state index in [4.69, 9.17) is 0 Å². The third-order valence-electron chi connectivity index (χ3n) is 3.36. The molecule has 0 atom stereocenters. The third-order valence-corrected chi connectivity index (χ3v) is 3.36. The van der Waals surface area contributed by atoms with Crippen LogP contribution in [0.2, 0.25) is 0 Å². The van der Waals surface area contributed by atoms with E-state index < -0.39 is 0 Å². The van der Waals surface area contributed by atoms with E-state index in [1.54, 1.807) is 18.2 Å². The summed E-state index contributed by atoms with van der Waals surface area (Å²) in [5.74, 6) is 0.270. The van der Waals surface area contributed by atoms with Crippen LogP contribution < -0.4 is 5.56 Å². The summed E-state index contributed by atoms with van der Waals surface area (Å²) in [7, 11) is 0. The van der Waals surface area contributed by atoms with Gasteiger partial charge in [-0.05, 0) is 17.5 Å². The second kappa shape index (κ2) is 5.12. The highest BCUT2D eigenvalue weighted by atomic mass is 19.1. The summed E-state index contributed by atoms with van der Waals surface area (Å²) in [4.78, 5) is 19.2. The quantitative estimate of drug-likeness (QED) is 0.777. The molecule has 2 heterocycles. The summed E-state index contributed by atoms with van der Waals surface area (Å²) in [6, 6.07) is 6.46. The molecule has 0 aliphatic carbocycles. The van der Waals surface area contributed by atoms with Gasteiger partial charge in [-0.15, -0.1) is 0 Å². The van der Waals surface area contributed by atoms with Crippen molar-refractivity contribution in [3.63, 3.8) is 0 Å². The Morgan fingerprint density at radius 3 is 2.76 bits per heavy atom. The van der Waals surface area contributed by atoms with Crippen molar-refractivity contribution in [3.05, 3.63) is 57.5 Å². The van der Waals surface area contributed by atoms with Gasteiger partial charge in [-0.2, -0.15) is 5.10 Å². The Labute approximate surface area is 120 Å². The summed E-state index contributed by atoms with van der Waals surface area (Å²) < 4.78 is 13.7. The maximum absolute atomic E-state index is 13.7. The molecule has 6 heteroatoms. The van der Waals surface area contributed by atoms with Gasteiger partial charge in [-0.25, -0.2) is 9.37 Å². The zero-order chi connectivity index (χ0) is 15.0. The van der Waals surface area contributed by atoms with E-state index in [1.165, 1.54) is 6.07 Å². The fourth-order valence-electron chi connectivity index (χ4n) is 2.29. The minimum Gasteiger partial charge on any atom is -0.308 e. The molecule has 2 aromatic heterocycles. The Balaban J connectivity index is 2.10. The summed E-state index contributed by atoms with van der Waals surface area (Å²) in [6.07, 6.45) is 0.237. The van der Waals surface area contributed by atoms with Gasteiger partial charge >= 0.3 is 0 Å². The van der Waals surface area contributed by atoms with Crippen molar-refractivity contribution >= 4 is 11.0 Å². The first kappa shape index (κ1) is 13.5. The van der Waals surface area contributed by atoms with E-state index >= 15 is 0 Å². The lowest BCUT2D eigenvalue weighted by Crippen LogP contribution is -2.12. The van der Waals surface area contributed by atoms with Crippen LogP contribution in [0.3, 0.4) is 0 Å². The lowest BCUT2D eigenvalue weighted by atomic mass is 10.1. The van der Waals surface area contributed by atoms with Crippen molar-refractivity contribution in [3.8, 4) is 0 Å². The van der Waals surface area contributed by atoms with Crippen molar-refractivity contribution in [1.82, 2.24) is 20.2 Å². The van der Waals surface area contributed by atoms with Crippen molar-refractivity contribution in [2.45, 2.75) is 26.2 Å². The van der Waals surface area contributed by atoms with Crippen LogP contribution in [0.1, 0.15) is 36.8 Å². The molecule has 0 radical (unpaired) electrons. The number of H-pyrrole nitrogens is 2. The fourth-order valence-corrected chi connectivity index (χ4v) is 2.29. The van der Waals surface area contributed by atoms with E-state index in [9.17, 15) is 9.18 Å². The molecule has 0 amide bonds. The molecule has 5 nitrogen and oxygen atoms in total. The Hall–Kier alpha value is -2.50. The Morgan fingerprint density at radius 1 is 1.29 bits per heavy atom. The van der Waals surface area contributed by atoms with Gasteiger partial charge < -0.3 is 4.98 Å². The topological polar surface area (TPSA) is 74.4 Å². The molecule has 1 aromatic carbocycles. The summed E-state index contributed by atoms with van der Waals surface area (Å²) >= 11 is 0. The molecule has 0 spiro atoms. The highest BCUT2D eigenvalue weighted by Gasteiger charge is 2.15. The molecule has 0 bridgehead atoms. The number of hydrogen-bond donors (Lipinski definition) is 2. The van der Waals surface area contributed by atoms with Gasteiger partial charge in [-0.1, -0.05) is 32.0 Å². The monoisotopic (exact) mass is 286 g/mol. The van der Waals surface area contributed by atoms with Gasteiger partial charge in [-0.3, -0.25) is 9.89 Å². The van der Waals surface area contributed by atoms with E-state index in [0.29, 0.717) is 22.4 Å². The molecule has 0 saturated carbocycles.